The Morgan fingerprint density at radius 1 is 1.00 bits per heavy atom. The van der Waals surface area contributed by atoms with Gasteiger partial charge in [0.05, 0.1) is 6.04 Å². The smallest absolute Gasteiger partial charge is 0.240 e. The van der Waals surface area contributed by atoms with E-state index in [9.17, 15) is 4.79 Å². The number of hydrogen-bond donors (Lipinski definition) is 0. The Hall–Kier alpha value is -1.35. The fourth-order valence-corrected chi connectivity index (χ4v) is 5.20. The van der Waals surface area contributed by atoms with Gasteiger partial charge in [-0.2, -0.15) is 0 Å². The molecule has 0 spiro atoms. The third-order valence-electron chi connectivity index (χ3n) is 6.81. The van der Waals surface area contributed by atoms with Gasteiger partial charge in [-0.3, -0.25) is 9.69 Å². The highest BCUT2D eigenvalue weighted by molar-refractivity contribution is 5.83. The Balaban J connectivity index is 1.88. The number of carbonyl (C=O) groups excluding carboxylic acids is 1. The van der Waals surface area contributed by atoms with Crippen LogP contribution in [0.15, 0.2) is 30.3 Å². The fraction of sp³-hybridized carbons (Fsp3) is 0.720. The molecular weight excluding hydrogens is 344 g/mol. The summed E-state index contributed by atoms with van der Waals surface area (Å²) in [5, 5.41) is 0. The van der Waals surface area contributed by atoms with Crippen LogP contribution in [-0.4, -0.2) is 39.4 Å². The Labute approximate surface area is 172 Å². The SMILES string of the molecule is CC(C)(C)N(Cc1ccccc1)C(=O)C1CC2CCCCC2CN1C(C)(C)C. The zero-order valence-electron chi connectivity index (χ0n) is 18.9. The van der Waals surface area contributed by atoms with Crippen molar-refractivity contribution in [2.24, 2.45) is 11.8 Å². The maximum Gasteiger partial charge on any atom is 0.240 e. The van der Waals surface area contributed by atoms with Crippen molar-refractivity contribution in [2.75, 3.05) is 6.54 Å². The highest BCUT2D eigenvalue weighted by Gasteiger charge is 2.45. The topological polar surface area (TPSA) is 23.6 Å². The molecule has 3 nitrogen and oxygen atoms in total. The molecule has 1 saturated heterocycles. The normalized spacial score (nSPS) is 26.6. The highest BCUT2D eigenvalue weighted by atomic mass is 16.2. The predicted octanol–water partition coefficient (Wildman–Crippen LogP) is 5.49. The zero-order valence-corrected chi connectivity index (χ0v) is 18.9. The van der Waals surface area contributed by atoms with Gasteiger partial charge in [-0.25, -0.2) is 0 Å². The van der Waals surface area contributed by atoms with Crippen molar-refractivity contribution in [2.45, 2.75) is 97.3 Å². The molecule has 0 bridgehead atoms. The molecule has 156 valence electrons. The van der Waals surface area contributed by atoms with Crippen molar-refractivity contribution in [3.8, 4) is 0 Å². The highest BCUT2D eigenvalue weighted by Crippen LogP contribution is 2.41. The van der Waals surface area contributed by atoms with Crippen LogP contribution in [-0.2, 0) is 11.3 Å². The molecule has 1 amide bonds. The molecule has 3 rings (SSSR count). The number of nitrogens with zero attached hydrogens (tertiary/aromatic N) is 2. The molecule has 0 aromatic heterocycles. The second-order valence-corrected chi connectivity index (χ2v) is 11.0. The summed E-state index contributed by atoms with van der Waals surface area (Å²) in [4.78, 5) is 18.6. The van der Waals surface area contributed by atoms with Crippen molar-refractivity contribution >= 4 is 5.91 Å². The molecule has 28 heavy (non-hydrogen) atoms. The van der Waals surface area contributed by atoms with Gasteiger partial charge in [0.15, 0.2) is 0 Å². The van der Waals surface area contributed by atoms with Crippen LogP contribution < -0.4 is 0 Å². The summed E-state index contributed by atoms with van der Waals surface area (Å²) in [6, 6.07) is 10.4. The molecule has 1 aromatic carbocycles. The first-order valence-electron chi connectivity index (χ1n) is 11.2. The molecule has 3 atom stereocenters. The molecule has 1 heterocycles. The minimum atomic E-state index is -0.195. The van der Waals surface area contributed by atoms with Crippen molar-refractivity contribution in [1.29, 1.82) is 0 Å². The van der Waals surface area contributed by atoms with Crippen LogP contribution in [0.2, 0.25) is 0 Å². The molecular formula is C25H40N2O. The number of fused-ring (bicyclic) bond motifs is 1. The maximum atomic E-state index is 14.0. The predicted molar refractivity (Wildman–Crippen MR) is 117 cm³/mol. The molecule has 0 N–H and O–H groups in total. The summed E-state index contributed by atoms with van der Waals surface area (Å²) in [6.45, 7) is 15.1. The molecule has 1 saturated carbocycles. The molecule has 1 aromatic rings. The van der Waals surface area contributed by atoms with E-state index >= 15 is 0 Å². The first kappa shape index (κ1) is 21.4. The van der Waals surface area contributed by atoms with E-state index in [0.29, 0.717) is 12.5 Å². The van der Waals surface area contributed by atoms with Gasteiger partial charge in [-0.1, -0.05) is 49.6 Å². The first-order valence-corrected chi connectivity index (χ1v) is 11.2. The van der Waals surface area contributed by atoms with Crippen LogP contribution in [0.4, 0.5) is 0 Å². The lowest BCUT2D eigenvalue weighted by Gasteiger charge is -2.52. The van der Waals surface area contributed by atoms with Crippen LogP contribution >= 0.6 is 0 Å². The maximum absolute atomic E-state index is 14.0. The minimum Gasteiger partial charge on any atom is -0.332 e. The number of benzene rings is 1. The Bertz CT molecular complexity index is 655. The van der Waals surface area contributed by atoms with Gasteiger partial charge < -0.3 is 4.90 Å². The monoisotopic (exact) mass is 384 g/mol. The van der Waals surface area contributed by atoms with Crippen molar-refractivity contribution < 1.29 is 4.79 Å². The van der Waals surface area contributed by atoms with Crippen LogP contribution in [0, 0.1) is 11.8 Å². The van der Waals surface area contributed by atoms with E-state index in [1.165, 1.54) is 31.2 Å². The Morgan fingerprint density at radius 3 is 2.18 bits per heavy atom. The van der Waals surface area contributed by atoms with Crippen molar-refractivity contribution in [3.63, 3.8) is 0 Å². The van der Waals surface area contributed by atoms with E-state index in [4.69, 9.17) is 0 Å². The van der Waals surface area contributed by atoms with Gasteiger partial charge in [0.25, 0.3) is 0 Å². The summed E-state index contributed by atoms with van der Waals surface area (Å²) >= 11 is 0. The quantitative estimate of drug-likeness (QED) is 0.687. The molecule has 1 aliphatic heterocycles. The zero-order chi connectivity index (χ0) is 20.5. The minimum absolute atomic E-state index is 0.00212. The molecule has 2 aliphatic rings. The number of amides is 1. The van der Waals surface area contributed by atoms with E-state index in [1.807, 2.05) is 6.07 Å². The van der Waals surface area contributed by atoms with E-state index in [2.05, 4.69) is 75.6 Å². The Kier molecular flexibility index (Phi) is 6.24. The van der Waals surface area contributed by atoms with Gasteiger partial charge in [-0.15, -0.1) is 0 Å². The average molecular weight is 385 g/mol. The third kappa shape index (κ3) is 4.79. The molecule has 3 heteroatoms. The number of rotatable bonds is 3. The average Bonchev–Trinajstić information content (AvgIpc) is 2.64. The van der Waals surface area contributed by atoms with Gasteiger partial charge in [0, 0.05) is 24.2 Å². The van der Waals surface area contributed by atoms with E-state index in [1.54, 1.807) is 0 Å². The largest absolute Gasteiger partial charge is 0.332 e. The molecule has 3 unspecified atom stereocenters. The lowest BCUT2D eigenvalue weighted by Crippen LogP contribution is -2.62. The van der Waals surface area contributed by atoms with Crippen LogP contribution in [0.25, 0.3) is 0 Å². The number of carbonyl (C=O) groups is 1. The van der Waals surface area contributed by atoms with E-state index in [0.717, 1.165) is 24.8 Å². The Morgan fingerprint density at radius 2 is 1.61 bits per heavy atom. The van der Waals surface area contributed by atoms with Crippen LogP contribution in [0.5, 0.6) is 0 Å². The van der Waals surface area contributed by atoms with Crippen molar-refractivity contribution in [3.05, 3.63) is 35.9 Å². The lowest BCUT2D eigenvalue weighted by molar-refractivity contribution is -0.150. The summed E-state index contributed by atoms with van der Waals surface area (Å²) < 4.78 is 0. The van der Waals surface area contributed by atoms with Crippen LogP contribution in [0.3, 0.4) is 0 Å². The van der Waals surface area contributed by atoms with Gasteiger partial charge >= 0.3 is 0 Å². The van der Waals surface area contributed by atoms with Gasteiger partial charge in [0.1, 0.15) is 0 Å². The summed E-state index contributed by atoms with van der Waals surface area (Å²) in [7, 11) is 0. The second kappa shape index (κ2) is 8.18. The van der Waals surface area contributed by atoms with Crippen molar-refractivity contribution in [1.82, 2.24) is 9.80 Å². The molecule has 2 fully saturated rings. The number of hydrogen-bond acceptors (Lipinski definition) is 2. The molecule has 0 radical (unpaired) electrons. The molecule has 1 aliphatic carbocycles. The summed E-state index contributed by atoms with van der Waals surface area (Å²) in [6.07, 6.45) is 6.37. The first-order chi connectivity index (χ1) is 13.1. The summed E-state index contributed by atoms with van der Waals surface area (Å²) in [5.41, 5.74) is 1.03. The number of piperidine rings is 1. The second-order valence-electron chi connectivity index (χ2n) is 11.0. The standard InChI is InChI=1S/C25H40N2O/c1-24(2,3)26-18-21-15-11-10-14-20(21)16-22(26)23(28)27(25(4,5)6)17-19-12-8-7-9-13-19/h7-9,12-13,20-22H,10-11,14-18H2,1-6H3. The van der Waals surface area contributed by atoms with E-state index in [-0.39, 0.29) is 17.1 Å². The van der Waals surface area contributed by atoms with Gasteiger partial charge in [-0.05, 0) is 71.8 Å². The third-order valence-corrected chi connectivity index (χ3v) is 6.81. The van der Waals surface area contributed by atoms with E-state index < -0.39 is 0 Å². The van der Waals surface area contributed by atoms with Crippen LogP contribution in [0.1, 0.15) is 79.2 Å². The van der Waals surface area contributed by atoms with Gasteiger partial charge in [0.2, 0.25) is 5.91 Å². The fourth-order valence-electron chi connectivity index (χ4n) is 5.20. The lowest BCUT2D eigenvalue weighted by atomic mass is 9.71. The number of likely N-dealkylation sites (tertiary alicyclic amines) is 1. The summed E-state index contributed by atoms with van der Waals surface area (Å²) in [5.74, 6) is 1.81.